The molecule has 84 valence electrons. The molecule has 1 aromatic heterocycles. The van der Waals surface area contributed by atoms with Crippen LogP contribution < -0.4 is 10.1 Å². The zero-order valence-electron chi connectivity index (χ0n) is 9.49. The third kappa shape index (κ3) is 3.85. The fourth-order valence-corrected chi connectivity index (χ4v) is 1.12. The average molecular weight is 210 g/mol. The summed E-state index contributed by atoms with van der Waals surface area (Å²) in [5.74, 6) is 0.777. The highest BCUT2D eigenvalue weighted by Gasteiger charge is 2.03. The topological polar surface area (TPSA) is 43.4 Å². The summed E-state index contributed by atoms with van der Waals surface area (Å²) in [6, 6.07) is 4.15. The van der Waals surface area contributed by atoms with E-state index in [0.717, 1.165) is 11.4 Å². The smallest absolute Gasteiger partial charge is 0.137 e. The molecule has 1 N–H and O–H groups in total. The second kappa shape index (κ2) is 6.37. The molecule has 0 aliphatic heterocycles. The molecule has 4 heteroatoms. The maximum absolute atomic E-state index is 5.41. The average Bonchev–Trinajstić information content (AvgIpc) is 2.29. The zero-order valence-corrected chi connectivity index (χ0v) is 9.49. The molecule has 0 aromatic carbocycles. The first-order valence-corrected chi connectivity index (χ1v) is 5.03. The summed E-state index contributed by atoms with van der Waals surface area (Å²) in [4.78, 5) is 4.30. The van der Waals surface area contributed by atoms with Gasteiger partial charge in [0.05, 0.1) is 18.5 Å². The van der Waals surface area contributed by atoms with E-state index in [-0.39, 0.29) is 6.04 Å². The normalized spacial score (nSPS) is 12.5. The highest BCUT2D eigenvalue weighted by molar-refractivity contribution is 5.21. The van der Waals surface area contributed by atoms with E-state index in [9.17, 15) is 0 Å². The summed E-state index contributed by atoms with van der Waals surface area (Å²) >= 11 is 0. The minimum atomic E-state index is 0.262. The molecule has 1 unspecified atom stereocenters. The Morgan fingerprint density at radius 2 is 2.20 bits per heavy atom. The van der Waals surface area contributed by atoms with Crippen LogP contribution in [0.1, 0.15) is 18.7 Å². The molecule has 0 aliphatic carbocycles. The van der Waals surface area contributed by atoms with Crippen molar-refractivity contribution < 1.29 is 9.47 Å². The van der Waals surface area contributed by atoms with E-state index in [2.05, 4.69) is 17.2 Å². The van der Waals surface area contributed by atoms with Crippen molar-refractivity contribution in [3.63, 3.8) is 0 Å². The van der Waals surface area contributed by atoms with Gasteiger partial charge in [-0.05, 0) is 26.1 Å². The van der Waals surface area contributed by atoms with Crippen molar-refractivity contribution >= 4 is 0 Å². The van der Waals surface area contributed by atoms with E-state index < -0.39 is 0 Å². The van der Waals surface area contributed by atoms with Gasteiger partial charge in [-0.3, -0.25) is 4.98 Å². The SMILES string of the molecule is CNC(C)c1ccc(OCCOC)cn1. The first kappa shape index (κ1) is 11.9. The minimum absolute atomic E-state index is 0.262. The molecule has 1 atom stereocenters. The maximum Gasteiger partial charge on any atom is 0.137 e. The second-order valence-corrected chi connectivity index (χ2v) is 3.27. The molecule has 0 bridgehead atoms. The number of aromatic nitrogens is 1. The quantitative estimate of drug-likeness (QED) is 0.720. The van der Waals surface area contributed by atoms with Gasteiger partial charge in [-0.15, -0.1) is 0 Å². The number of methoxy groups -OCH3 is 1. The summed E-state index contributed by atoms with van der Waals surface area (Å²) in [5, 5.41) is 3.13. The van der Waals surface area contributed by atoms with Gasteiger partial charge in [0, 0.05) is 13.2 Å². The lowest BCUT2D eigenvalue weighted by Gasteiger charge is -2.10. The molecule has 0 radical (unpaired) electrons. The monoisotopic (exact) mass is 210 g/mol. The number of hydrogen-bond acceptors (Lipinski definition) is 4. The van der Waals surface area contributed by atoms with Gasteiger partial charge in [-0.25, -0.2) is 0 Å². The molecule has 0 aliphatic rings. The molecular weight excluding hydrogens is 192 g/mol. The number of hydrogen-bond donors (Lipinski definition) is 1. The van der Waals surface area contributed by atoms with E-state index in [1.807, 2.05) is 19.2 Å². The highest BCUT2D eigenvalue weighted by atomic mass is 16.5. The van der Waals surface area contributed by atoms with Gasteiger partial charge in [-0.1, -0.05) is 0 Å². The number of rotatable bonds is 6. The first-order chi connectivity index (χ1) is 7.27. The van der Waals surface area contributed by atoms with Crippen LogP contribution in [0.5, 0.6) is 5.75 Å². The lowest BCUT2D eigenvalue weighted by Crippen LogP contribution is -2.13. The molecule has 0 saturated heterocycles. The van der Waals surface area contributed by atoms with Gasteiger partial charge in [0.1, 0.15) is 12.4 Å². The molecular formula is C11H18N2O2. The fraction of sp³-hybridized carbons (Fsp3) is 0.545. The van der Waals surface area contributed by atoms with Crippen LogP contribution in [0.25, 0.3) is 0 Å². The van der Waals surface area contributed by atoms with Gasteiger partial charge in [0.2, 0.25) is 0 Å². The molecule has 15 heavy (non-hydrogen) atoms. The fourth-order valence-electron chi connectivity index (χ4n) is 1.12. The molecule has 0 saturated carbocycles. The largest absolute Gasteiger partial charge is 0.490 e. The molecule has 0 fully saturated rings. The van der Waals surface area contributed by atoms with Crippen molar-refractivity contribution in [1.29, 1.82) is 0 Å². The van der Waals surface area contributed by atoms with Gasteiger partial charge in [-0.2, -0.15) is 0 Å². The van der Waals surface area contributed by atoms with E-state index in [4.69, 9.17) is 9.47 Å². The van der Waals surface area contributed by atoms with Gasteiger partial charge in [0.15, 0.2) is 0 Å². The third-order valence-corrected chi connectivity index (χ3v) is 2.19. The molecule has 1 heterocycles. The molecule has 4 nitrogen and oxygen atoms in total. The number of ether oxygens (including phenoxy) is 2. The zero-order chi connectivity index (χ0) is 11.1. The second-order valence-electron chi connectivity index (χ2n) is 3.27. The number of nitrogens with zero attached hydrogens (tertiary/aromatic N) is 1. The summed E-state index contributed by atoms with van der Waals surface area (Å²) in [6.07, 6.45) is 1.73. The van der Waals surface area contributed by atoms with Gasteiger partial charge >= 0.3 is 0 Å². The van der Waals surface area contributed by atoms with Crippen LogP contribution in [0.15, 0.2) is 18.3 Å². The van der Waals surface area contributed by atoms with E-state index in [1.54, 1.807) is 13.3 Å². The standard InChI is InChI=1S/C11H18N2O2/c1-9(12-2)11-5-4-10(8-13-11)15-7-6-14-3/h4-5,8-9,12H,6-7H2,1-3H3. The van der Waals surface area contributed by atoms with Gasteiger partial charge in [0.25, 0.3) is 0 Å². The lowest BCUT2D eigenvalue weighted by molar-refractivity contribution is 0.146. The van der Waals surface area contributed by atoms with Crippen molar-refractivity contribution in [2.75, 3.05) is 27.4 Å². The van der Waals surface area contributed by atoms with Crippen LogP contribution in [-0.4, -0.2) is 32.4 Å². The minimum Gasteiger partial charge on any atom is -0.490 e. The predicted molar refractivity (Wildman–Crippen MR) is 59.1 cm³/mol. The van der Waals surface area contributed by atoms with Crippen LogP contribution in [-0.2, 0) is 4.74 Å². The van der Waals surface area contributed by atoms with E-state index in [1.165, 1.54) is 0 Å². The van der Waals surface area contributed by atoms with Gasteiger partial charge < -0.3 is 14.8 Å². The summed E-state index contributed by atoms with van der Waals surface area (Å²) in [5.41, 5.74) is 1.01. The number of pyridine rings is 1. The maximum atomic E-state index is 5.41. The Kier molecular flexibility index (Phi) is 5.07. The Balaban J connectivity index is 2.49. The van der Waals surface area contributed by atoms with Crippen molar-refractivity contribution in [2.24, 2.45) is 0 Å². The Morgan fingerprint density at radius 1 is 1.40 bits per heavy atom. The highest BCUT2D eigenvalue weighted by Crippen LogP contribution is 2.13. The molecule has 0 spiro atoms. The first-order valence-electron chi connectivity index (χ1n) is 5.03. The van der Waals surface area contributed by atoms with E-state index in [0.29, 0.717) is 13.2 Å². The van der Waals surface area contributed by atoms with Crippen LogP contribution in [0, 0.1) is 0 Å². The number of nitrogens with one attached hydrogen (secondary N) is 1. The van der Waals surface area contributed by atoms with Crippen molar-refractivity contribution in [1.82, 2.24) is 10.3 Å². The van der Waals surface area contributed by atoms with Crippen LogP contribution >= 0.6 is 0 Å². The molecule has 1 rings (SSSR count). The van der Waals surface area contributed by atoms with Crippen molar-refractivity contribution in [3.8, 4) is 5.75 Å². The van der Waals surface area contributed by atoms with Crippen LogP contribution in [0.4, 0.5) is 0 Å². The predicted octanol–water partition coefficient (Wildman–Crippen LogP) is 1.39. The Bertz CT molecular complexity index is 274. The lowest BCUT2D eigenvalue weighted by atomic mass is 10.2. The Labute approximate surface area is 90.6 Å². The Hall–Kier alpha value is -1.13. The Morgan fingerprint density at radius 3 is 2.73 bits per heavy atom. The summed E-state index contributed by atoms with van der Waals surface area (Å²) in [7, 11) is 3.56. The molecule has 1 aromatic rings. The summed E-state index contributed by atoms with van der Waals surface area (Å²) < 4.78 is 10.3. The summed E-state index contributed by atoms with van der Waals surface area (Å²) in [6.45, 7) is 3.21. The van der Waals surface area contributed by atoms with E-state index >= 15 is 0 Å². The van der Waals surface area contributed by atoms with Crippen molar-refractivity contribution in [2.45, 2.75) is 13.0 Å². The molecule has 0 amide bonds. The van der Waals surface area contributed by atoms with Crippen LogP contribution in [0.3, 0.4) is 0 Å². The van der Waals surface area contributed by atoms with Crippen molar-refractivity contribution in [3.05, 3.63) is 24.0 Å². The van der Waals surface area contributed by atoms with Crippen LogP contribution in [0.2, 0.25) is 0 Å². The third-order valence-electron chi connectivity index (χ3n) is 2.19.